The van der Waals surface area contributed by atoms with Crippen molar-refractivity contribution in [1.82, 2.24) is 15.1 Å². The highest BCUT2D eigenvalue weighted by Gasteiger charge is 2.06. The largest absolute Gasteiger partial charge is 0.338 e. The van der Waals surface area contributed by atoms with Gasteiger partial charge in [-0.15, -0.1) is 0 Å². The van der Waals surface area contributed by atoms with Crippen LogP contribution < -0.4 is 16.0 Å². The number of anilines is 2. The SMILES string of the molecule is CC(=O)Nc1cc(NC(=O)NCCc2ccc(-n3cccn3)cc2)ccc1C. The Morgan fingerprint density at radius 2 is 1.86 bits per heavy atom. The molecule has 1 aromatic heterocycles. The Bertz CT molecular complexity index is 949. The van der Waals surface area contributed by atoms with Gasteiger partial charge in [0.15, 0.2) is 0 Å². The fraction of sp³-hybridized carbons (Fsp3) is 0.190. The zero-order valence-electron chi connectivity index (χ0n) is 15.9. The van der Waals surface area contributed by atoms with Crippen LogP contribution in [0.4, 0.5) is 16.2 Å². The van der Waals surface area contributed by atoms with Crippen molar-refractivity contribution in [3.63, 3.8) is 0 Å². The lowest BCUT2D eigenvalue weighted by Crippen LogP contribution is -2.30. The molecule has 0 saturated heterocycles. The van der Waals surface area contributed by atoms with Gasteiger partial charge < -0.3 is 16.0 Å². The van der Waals surface area contributed by atoms with Gasteiger partial charge in [-0.3, -0.25) is 4.79 Å². The van der Waals surface area contributed by atoms with E-state index in [0.717, 1.165) is 23.2 Å². The van der Waals surface area contributed by atoms with E-state index < -0.39 is 0 Å². The van der Waals surface area contributed by atoms with E-state index in [-0.39, 0.29) is 11.9 Å². The molecule has 3 rings (SSSR count). The minimum absolute atomic E-state index is 0.150. The summed E-state index contributed by atoms with van der Waals surface area (Å²) in [5, 5.41) is 12.6. The van der Waals surface area contributed by atoms with Gasteiger partial charge in [-0.25, -0.2) is 9.48 Å². The number of urea groups is 1. The number of amides is 3. The summed E-state index contributed by atoms with van der Waals surface area (Å²) in [6.07, 6.45) is 4.35. The van der Waals surface area contributed by atoms with E-state index in [2.05, 4.69) is 21.0 Å². The maximum Gasteiger partial charge on any atom is 0.319 e. The van der Waals surface area contributed by atoms with Gasteiger partial charge in [0.25, 0.3) is 0 Å². The van der Waals surface area contributed by atoms with Gasteiger partial charge in [-0.1, -0.05) is 18.2 Å². The minimum Gasteiger partial charge on any atom is -0.338 e. The Morgan fingerprint density at radius 1 is 1.07 bits per heavy atom. The van der Waals surface area contributed by atoms with Crippen LogP contribution in [0.15, 0.2) is 60.9 Å². The molecule has 0 fully saturated rings. The fourth-order valence-electron chi connectivity index (χ4n) is 2.76. The lowest BCUT2D eigenvalue weighted by Gasteiger charge is -2.11. The zero-order chi connectivity index (χ0) is 19.9. The standard InChI is InChI=1S/C21H23N5O2/c1-15-4-7-18(14-20(15)24-16(2)27)25-21(28)22-12-10-17-5-8-19(9-6-17)26-13-3-11-23-26/h3-9,11,13-14H,10,12H2,1-2H3,(H,24,27)(H2,22,25,28). The molecule has 0 saturated carbocycles. The lowest BCUT2D eigenvalue weighted by atomic mass is 10.1. The van der Waals surface area contributed by atoms with Gasteiger partial charge in [0, 0.05) is 37.2 Å². The molecule has 0 unspecified atom stereocenters. The van der Waals surface area contributed by atoms with Crippen LogP contribution in [0, 0.1) is 6.92 Å². The van der Waals surface area contributed by atoms with Crippen molar-refractivity contribution in [2.24, 2.45) is 0 Å². The van der Waals surface area contributed by atoms with Crippen molar-refractivity contribution in [1.29, 1.82) is 0 Å². The summed E-state index contributed by atoms with van der Waals surface area (Å²) in [5.74, 6) is -0.150. The number of rotatable bonds is 6. The van der Waals surface area contributed by atoms with Crippen molar-refractivity contribution < 1.29 is 9.59 Å². The Labute approximate surface area is 163 Å². The normalized spacial score (nSPS) is 10.4. The molecule has 3 aromatic rings. The highest BCUT2D eigenvalue weighted by atomic mass is 16.2. The first kappa shape index (κ1) is 19.2. The van der Waals surface area contributed by atoms with E-state index >= 15 is 0 Å². The van der Waals surface area contributed by atoms with Crippen LogP contribution in [-0.2, 0) is 11.2 Å². The number of aromatic nitrogens is 2. The van der Waals surface area contributed by atoms with Crippen LogP contribution in [0.5, 0.6) is 0 Å². The molecule has 7 heteroatoms. The summed E-state index contributed by atoms with van der Waals surface area (Å²) in [4.78, 5) is 23.4. The molecule has 0 radical (unpaired) electrons. The van der Waals surface area contributed by atoms with Crippen LogP contribution in [0.3, 0.4) is 0 Å². The molecular weight excluding hydrogens is 354 g/mol. The molecule has 144 valence electrons. The number of benzene rings is 2. The molecule has 2 aromatic carbocycles. The summed E-state index contributed by atoms with van der Waals surface area (Å²) in [5.41, 5.74) is 4.35. The Kier molecular flexibility index (Phi) is 6.06. The van der Waals surface area contributed by atoms with Crippen LogP contribution in [0.1, 0.15) is 18.1 Å². The second kappa shape index (κ2) is 8.85. The number of carbonyl (C=O) groups is 2. The predicted octanol–water partition coefficient (Wildman–Crippen LogP) is 3.50. The summed E-state index contributed by atoms with van der Waals surface area (Å²) < 4.78 is 1.80. The molecule has 28 heavy (non-hydrogen) atoms. The van der Waals surface area contributed by atoms with Gasteiger partial charge in [-0.2, -0.15) is 5.10 Å². The molecule has 0 aliphatic carbocycles. The van der Waals surface area contributed by atoms with E-state index in [1.807, 2.05) is 49.5 Å². The van der Waals surface area contributed by atoms with Crippen molar-refractivity contribution in [2.75, 3.05) is 17.2 Å². The molecule has 3 amide bonds. The van der Waals surface area contributed by atoms with Crippen LogP contribution in [-0.4, -0.2) is 28.3 Å². The first-order valence-electron chi connectivity index (χ1n) is 9.03. The Morgan fingerprint density at radius 3 is 2.54 bits per heavy atom. The molecule has 3 N–H and O–H groups in total. The van der Waals surface area contributed by atoms with Crippen molar-refractivity contribution in [3.05, 3.63) is 72.1 Å². The van der Waals surface area contributed by atoms with E-state index in [9.17, 15) is 9.59 Å². The topological polar surface area (TPSA) is 88.0 Å². The molecule has 0 atom stereocenters. The molecule has 0 spiro atoms. The van der Waals surface area contributed by atoms with Crippen LogP contribution in [0.2, 0.25) is 0 Å². The smallest absolute Gasteiger partial charge is 0.319 e. The molecule has 0 aliphatic rings. The van der Waals surface area contributed by atoms with E-state index in [4.69, 9.17) is 0 Å². The van der Waals surface area contributed by atoms with Crippen molar-refractivity contribution in [3.8, 4) is 5.69 Å². The third kappa shape index (κ3) is 5.20. The van der Waals surface area contributed by atoms with Gasteiger partial charge in [0.1, 0.15) is 0 Å². The van der Waals surface area contributed by atoms with Gasteiger partial charge >= 0.3 is 6.03 Å². The Hall–Kier alpha value is -3.61. The monoisotopic (exact) mass is 377 g/mol. The van der Waals surface area contributed by atoms with Gasteiger partial charge in [0.05, 0.1) is 5.69 Å². The quantitative estimate of drug-likeness (QED) is 0.614. The zero-order valence-corrected chi connectivity index (χ0v) is 15.9. The summed E-state index contributed by atoms with van der Waals surface area (Å²) in [7, 11) is 0. The molecule has 0 bridgehead atoms. The number of nitrogens with zero attached hydrogens (tertiary/aromatic N) is 2. The summed E-state index contributed by atoms with van der Waals surface area (Å²) in [6.45, 7) is 3.86. The lowest BCUT2D eigenvalue weighted by molar-refractivity contribution is -0.114. The molecular formula is C21H23N5O2. The van der Waals surface area contributed by atoms with Crippen molar-refractivity contribution in [2.45, 2.75) is 20.3 Å². The maximum absolute atomic E-state index is 12.1. The number of aryl methyl sites for hydroxylation is 1. The molecule has 1 heterocycles. The average molecular weight is 377 g/mol. The van der Waals surface area contributed by atoms with Crippen LogP contribution >= 0.6 is 0 Å². The van der Waals surface area contributed by atoms with Crippen LogP contribution in [0.25, 0.3) is 5.69 Å². The van der Waals surface area contributed by atoms with E-state index in [1.165, 1.54) is 6.92 Å². The van der Waals surface area contributed by atoms with Gasteiger partial charge in [0.2, 0.25) is 5.91 Å². The number of nitrogens with one attached hydrogen (secondary N) is 3. The second-order valence-corrected chi connectivity index (χ2v) is 6.46. The predicted molar refractivity (Wildman–Crippen MR) is 110 cm³/mol. The third-order valence-electron chi connectivity index (χ3n) is 4.21. The third-order valence-corrected chi connectivity index (χ3v) is 4.21. The number of carbonyl (C=O) groups excluding carboxylic acids is 2. The first-order valence-corrected chi connectivity index (χ1v) is 9.03. The second-order valence-electron chi connectivity index (χ2n) is 6.46. The van der Waals surface area contributed by atoms with Crippen molar-refractivity contribution >= 4 is 23.3 Å². The highest BCUT2D eigenvalue weighted by molar-refractivity contribution is 5.93. The Balaban J connectivity index is 1.49. The minimum atomic E-state index is -0.286. The highest BCUT2D eigenvalue weighted by Crippen LogP contribution is 2.20. The average Bonchev–Trinajstić information content (AvgIpc) is 3.19. The summed E-state index contributed by atoms with van der Waals surface area (Å²) in [6, 6.07) is 15.0. The molecule has 0 aliphatic heterocycles. The van der Waals surface area contributed by atoms with E-state index in [0.29, 0.717) is 17.9 Å². The summed E-state index contributed by atoms with van der Waals surface area (Å²) >= 11 is 0. The number of hydrogen-bond donors (Lipinski definition) is 3. The molecule has 7 nitrogen and oxygen atoms in total. The van der Waals surface area contributed by atoms with E-state index in [1.54, 1.807) is 23.0 Å². The van der Waals surface area contributed by atoms with Gasteiger partial charge in [-0.05, 0) is 54.8 Å². The first-order chi connectivity index (χ1) is 13.5. The maximum atomic E-state index is 12.1. The fourth-order valence-corrected chi connectivity index (χ4v) is 2.76. The number of hydrogen-bond acceptors (Lipinski definition) is 3.